The van der Waals surface area contributed by atoms with Gasteiger partial charge in [-0.2, -0.15) is 5.10 Å². The number of hydrogen-bond donors (Lipinski definition) is 3. The lowest BCUT2D eigenvalue weighted by atomic mass is 10.0. The zero-order chi connectivity index (χ0) is 22.9. The van der Waals surface area contributed by atoms with Gasteiger partial charge in [-0.15, -0.1) is 0 Å². The number of benzene rings is 2. The second-order valence-corrected chi connectivity index (χ2v) is 7.80. The number of nitrogens with zero attached hydrogens (tertiary/aromatic N) is 2. The fourth-order valence-corrected chi connectivity index (χ4v) is 3.12. The molecule has 4 aromatic rings. The van der Waals surface area contributed by atoms with E-state index in [0.717, 1.165) is 22.6 Å². The average molecular weight is 433 g/mol. The van der Waals surface area contributed by atoms with Gasteiger partial charge in [0, 0.05) is 22.6 Å². The lowest BCUT2D eigenvalue weighted by molar-refractivity contribution is 0.416. The van der Waals surface area contributed by atoms with Gasteiger partial charge in [0.15, 0.2) is 5.65 Å². The number of nitrogens with one attached hydrogen (secondary N) is 2. The predicted molar refractivity (Wildman–Crippen MR) is 121 cm³/mol. The lowest BCUT2D eigenvalue weighted by Crippen LogP contribution is -2.29. The van der Waals surface area contributed by atoms with Crippen molar-refractivity contribution in [3.05, 3.63) is 65.7 Å². The van der Waals surface area contributed by atoms with Crippen molar-refractivity contribution in [2.45, 2.75) is 19.4 Å². The second kappa shape index (κ2) is 8.29. The molecule has 0 spiro atoms. The molecule has 0 saturated carbocycles. The molecule has 0 aliphatic heterocycles. The van der Waals surface area contributed by atoms with Crippen molar-refractivity contribution in [3.63, 3.8) is 0 Å². The van der Waals surface area contributed by atoms with Crippen molar-refractivity contribution in [1.82, 2.24) is 15.2 Å². The molecule has 6 nitrogen and oxygen atoms in total. The van der Waals surface area contributed by atoms with Crippen molar-refractivity contribution >= 4 is 22.5 Å². The van der Waals surface area contributed by atoms with Gasteiger partial charge in [-0.3, -0.25) is 5.10 Å². The molecule has 0 aliphatic rings. The minimum absolute atomic E-state index is 0.116. The van der Waals surface area contributed by atoms with Gasteiger partial charge in [0.25, 0.3) is 0 Å². The largest absolute Gasteiger partial charge is 0.496 e. The first kappa shape index (κ1) is 21.3. The van der Waals surface area contributed by atoms with E-state index in [4.69, 9.17) is 10.5 Å². The van der Waals surface area contributed by atoms with E-state index in [9.17, 15) is 8.78 Å². The van der Waals surface area contributed by atoms with E-state index < -0.39 is 17.2 Å². The van der Waals surface area contributed by atoms with E-state index in [2.05, 4.69) is 32.3 Å². The smallest absolute Gasteiger partial charge is 0.183 e. The van der Waals surface area contributed by atoms with E-state index in [-0.39, 0.29) is 5.69 Å². The highest BCUT2D eigenvalue weighted by atomic mass is 19.1. The molecule has 0 radical (unpaired) electrons. The van der Waals surface area contributed by atoms with Crippen LogP contribution in [0.5, 0.6) is 5.75 Å². The normalized spacial score (nSPS) is 11.2. The maximum Gasteiger partial charge on any atom is 0.183 e. The third-order valence-electron chi connectivity index (χ3n) is 4.61. The van der Waals surface area contributed by atoms with Gasteiger partial charge >= 0.3 is 0 Å². The average Bonchev–Trinajstić information content (AvgIpc) is 3.16. The van der Waals surface area contributed by atoms with Crippen molar-refractivity contribution in [2.75, 3.05) is 12.4 Å². The van der Waals surface area contributed by atoms with E-state index in [1.54, 1.807) is 13.2 Å². The second-order valence-electron chi connectivity index (χ2n) is 7.80. The molecule has 0 saturated heterocycles. The Morgan fingerprint density at radius 3 is 2.62 bits per heavy atom. The topological polar surface area (TPSA) is 88.8 Å². The summed E-state index contributed by atoms with van der Waals surface area (Å²) in [6.07, 6.45) is 0. The molecule has 4 rings (SSSR count). The van der Waals surface area contributed by atoms with Crippen LogP contribution in [0.15, 0.2) is 48.5 Å². The van der Waals surface area contributed by atoms with Crippen LogP contribution < -0.4 is 15.8 Å². The molecule has 2 heterocycles. The Bertz CT molecular complexity index is 1360. The number of H-pyrrole nitrogens is 1. The van der Waals surface area contributed by atoms with Crippen LogP contribution in [0.25, 0.3) is 22.3 Å². The Balaban J connectivity index is 1.72. The Labute approximate surface area is 183 Å². The Kier molecular flexibility index (Phi) is 5.51. The van der Waals surface area contributed by atoms with Crippen LogP contribution in [-0.2, 0) is 0 Å². The van der Waals surface area contributed by atoms with Crippen LogP contribution in [0.4, 0.5) is 20.3 Å². The molecular formula is C24H21F2N5O. The molecule has 2 aromatic heterocycles. The first-order chi connectivity index (χ1) is 15.2. The number of aromatic nitrogens is 3. The third-order valence-corrected chi connectivity index (χ3v) is 4.61. The van der Waals surface area contributed by atoms with Crippen LogP contribution >= 0.6 is 0 Å². The standard InChI is InChI=1S/C24H21F2N5O/c1-24(2,27)11-10-14-4-8-20(32-3)17(12-14)22-16-6-9-21(29-23(16)31-30-22)28-19-7-5-15(25)13-18(19)26/h4-9,12-13H,27H2,1-3H3,(H2,28,29,30,31). The highest BCUT2D eigenvalue weighted by molar-refractivity contribution is 5.93. The van der Waals surface area contributed by atoms with E-state index in [1.807, 2.05) is 38.1 Å². The molecule has 0 fully saturated rings. The van der Waals surface area contributed by atoms with Crippen LogP contribution in [-0.4, -0.2) is 27.8 Å². The molecule has 0 aliphatic carbocycles. The molecule has 0 unspecified atom stereocenters. The van der Waals surface area contributed by atoms with Crippen LogP contribution in [0.2, 0.25) is 0 Å². The van der Waals surface area contributed by atoms with E-state index in [1.165, 1.54) is 12.1 Å². The molecular weight excluding hydrogens is 412 g/mol. The summed E-state index contributed by atoms with van der Waals surface area (Å²) in [6, 6.07) is 12.4. The Morgan fingerprint density at radius 2 is 1.91 bits per heavy atom. The fraction of sp³-hybridized carbons (Fsp3) is 0.167. The molecule has 2 aromatic carbocycles. The summed E-state index contributed by atoms with van der Waals surface area (Å²) in [4.78, 5) is 4.43. The number of ether oxygens (including phenoxy) is 1. The van der Waals surface area contributed by atoms with Crippen LogP contribution in [0.3, 0.4) is 0 Å². The predicted octanol–water partition coefficient (Wildman–Crippen LogP) is 4.74. The monoisotopic (exact) mass is 433 g/mol. The summed E-state index contributed by atoms with van der Waals surface area (Å²) in [5.74, 6) is 5.75. The number of hydrogen-bond acceptors (Lipinski definition) is 5. The number of halogens is 2. The first-order valence-corrected chi connectivity index (χ1v) is 9.81. The zero-order valence-electron chi connectivity index (χ0n) is 17.8. The van der Waals surface area contributed by atoms with Gasteiger partial charge in [-0.25, -0.2) is 13.8 Å². The minimum atomic E-state index is -0.710. The van der Waals surface area contributed by atoms with Crippen molar-refractivity contribution < 1.29 is 13.5 Å². The van der Waals surface area contributed by atoms with E-state index >= 15 is 0 Å². The Morgan fingerprint density at radius 1 is 1.09 bits per heavy atom. The summed E-state index contributed by atoms with van der Waals surface area (Å²) in [7, 11) is 1.59. The Hall–Kier alpha value is -3.96. The molecule has 8 heteroatoms. The number of pyridine rings is 1. The highest BCUT2D eigenvalue weighted by Gasteiger charge is 2.15. The molecule has 0 amide bonds. The van der Waals surface area contributed by atoms with Crippen molar-refractivity contribution in [2.24, 2.45) is 5.73 Å². The molecule has 162 valence electrons. The number of fused-ring (bicyclic) bond motifs is 1. The molecule has 0 bridgehead atoms. The molecule has 32 heavy (non-hydrogen) atoms. The van der Waals surface area contributed by atoms with E-state index in [0.29, 0.717) is 22.9 Å². The molecule has 4 N–H and O–H groups in total. The minimum Gasteiger partial charge on any atom is -0.496 e. The number of aromatic amines is 1. The van der Waals surface area contributed by atoms with Gasteiger partial charge in [0.2, 0.25) is 0 Å². The quantitative estimate of drug-likeness (QED) is 0.405. The fourth-order valence-electron chi connectivity index (χ4n) is 3.12. The van der Waals surface area contributed by atoms with Gasteiger partial charge in [0.05, 0.1) is 24.0 Å². The number of methoxy groups -OCH3 is 1. The highest BCUT2D eigenvalue weighted by Crippen LogP contribution is 2.34. The SMILES string of the molecule is COc1ccc(C#CC(C)(C)N)cc1-c1[nH]nc2nc(Nc3ccc(F)cc3F)ccc12. The van der Waals surface area contributed by atoms with Crippen molar-refractivity contribution in [1.29, 1.82) is 0 Å². The van der Waals surface area contributed by atoms with Gasteiger partial charge in [-0.1, -0.05) is 11.8 Å². The van der Waals surface area contributed by atoms with Gasteiger partial charge in [0.1, 0.15) is 23.2 Å². The van der Waals surface area contributed by atoms with Crippen molar-refractivity contribution in [3.8, 4) is 28.8 Å². The number of nitrogens with two attached hydrogens (primary N) is 1. The summed E-state index contributed by atoms with van der Waals surface area (Å²) >= 11 is 0. The third kappa shape index (κ3) is 4.53. The number of anilines is 2. The maximum atomic E-state index is 13.9. The summed E-state index contributed by atoms with van der Waals surface area (Å²) in [5, 5.41) is 10.9. The lowest BCUT2D eigenvalue weighted by Gasteiger charge is -2.10. The zero-order valence-corrected chi connectivity index (χ0v) is 17.8. The first-order valence-electron chi connectivity index (χ1n) is 9.81. The molecule has 0 atom stereocenters. The summed E-state index contributed by atoms with van der Waals surface area (Å²) < 4.78 is 32.6. The maximum absolute atomic E-state index is 13.9. The van der Waals surface area contributed by atoms with Crippen LogP contribution in [0, 0.1) is 23.5 Å². The van der Waals surface area contributed by atoms with Gasteiger partial charge < -0.3 is 15.8 Å². The van der Waals surface area contributed by atoms with Gasteiger partial charge in [-0.05, 0) is 56.3 Å². The summed E-state index contributed by atoms with van der Waals surface area (Å²) in [5.41, 5.74) is 8.14. The summed E-state index contributed by atoms with van der Waals surface area (Å²) in [6.45, 7) is 3.67. The number of rotatable bonds is 4. The van der Waals surface area contributed by atoms with Crippen LogP contribution in [0.1, 0.15) is 19.4 Å².